The first kappa shape index (κ1) is 10.0. The average molecular weight is 213 g/mol. The van der Waals surface area contributed by atoms with Crippen molar-refractivity contribution in [1.29, 1.82) is 0 Å². The molecule has 3 aliphatic heterocycles. The summed E-state index contributed by atoms with van der Waals surface area (Å²) < 4.78 is 22.4. The largest absolute Gasteiger partial charge is 0.375 e. The molecule has 0 bridgehead atoms. The molecule has 15 heavy (non-hydrogen) atoms. The second-order valence-electron chi connectivity index (χ2n) is 4.34. The molecule has 0 N–H and O–H groups in total. The molecule has 0 spiro atoms. The zero-order chi connectivity index (χ0) is 10.1. The monoisotopic (exact) mass is 213 g/mol. The van der Waals surface area contributed by atoms with E-state index in [0.29, 0.717) is 12.9 Å². The highest BCUT2D eigenvalue weighted by Crippen LogP contribution is 2.33. The predicted octanol–water partition coefficient (Wildman–Crippen LogP) is 1.25. The molecule has 0 aromatic heterocycles. The first-order valence-electron chi connectivity index (χ1n) is 5.83. The molecule has 85 valence electrons. The molecule has 0 aliphatic carbocycles. The Morgan fingerprint density at radius 2 is 1.80 bits per heavy atom. The fraction of sp³-hybridized carbons (Fsp3) is 0.909. The summed E-state index contributed by atoms with van der Waals surface area (Å²) in [5.41, 5.74) is 0. The Labute approximate surface area is 89.8 Å². The summed E-state index contributed by atoms with van der Waals surface area (Å²) in [5.74, 6) is 0. The SMILES string of the molecule is C1COC([C]2OCC(C3CCCO3)O2)C1. The van der Waals surface area contributed by atoms with Crippen LogP contribution in [0.25, 0.3) is 0 Å². The third kappa shape index (κ3) is 2.04. The number of ether oxygens (including phenoxy) is 4. The van der Waals surface area contributed by atoms with Gasteiger partial charge in [-0.2, -0.15) is 0 Å². The van der Waals surface area contributed by atoms with Gasteiger partial charge in [-0.25, -0.2) is 0 Å². The predicted molar refractivity (Wildman–Crippen MR) is 52.0 cm³/mol. The highest BCUT2D eigenvalue weighted by Gasteiger charge is 2.41. The van der Waals surface area contributed by atoms with Crippen LogP contribution in [0.3, 0.4) is 0 Å². The molecular weight excluding hydrogens is 196 g/mol. The fourth-order valence-corrected chi connectivity index (χ4v) is 2.39. The molecular formula is C11H17O4. The van der Waals surface area contributed by atoms with Crippen molar-refractivity contribution >= 4 is 0 Å². The molecule has 0 aromatic rings. The summed E-state index contributed by atoms with van der Waals surface area (Å²) in [7, 11) is 0. The number of hydrogen-bond acceptors (Lipinski definition) is 4. The van der Waals surface area contributed by atoms with Crippen molar-refractivity contribution < 1.29 is 18.9 Å². The van der Waals surface area contributed by atoms with Crippen molar-refractivity contribution in [1.82, 2.24) is 0 Å². The van der Waals surface area contributed by atoms with Gasteiger partial charge >= 0.3 is 0 Å². The van der Waals surface area contributed by atoms with Crippen molar-refractivity contribution in [2.45, 2.75) is 44.0 Å². The van der Waals surface area contributed by atoms with Gasteiger partial charge < -0.3 is 18.9 Å². The minimum Gasteiger partial charge on any atom is -0.375 e. The molecule has 0 aromatic carbocycles. The van der Waals surface area contributed by atoms with Gasteiger partial charge in [0.25, 0.3) is 6.29 Å². The summed E-state index contributed by atoms with van der Waals surface area (Å²) in [6, 6.07) is 0. The summed E-state index contributed by atoms with van der Waals surface area (Å²) >= 11 is 0. The van der Waals surface area contributed by atoms with E-state index in [4.69, 9.17) is 18.9 Å². The van der Waals surface area contributed by atoms with Gasteiger partial charge in [0, 0.05) is 13.2 Å². The van der Waals surface area contributed by atoms with Gasteiger partial charge in [0.1, 0.15) is 12.2 Å². The van der Waals surface area contributed by atoms with Crippen LogP contribution in [-0.4, -0.2) is 38.1 Å². The van der Waals surface area contributed by atoms with E-state index >= 15 is 0 Å². The Hall–Kier alpha value is -0.160. The average Bonchev–Trinajstić information content (AvgIpc) is 3.02. The van der Waals surface area contributed by atoms with Crippen LogP contribution < -0.4 is 0 Å². The first-order valence-corrected chi connectivity index (χ1v) is 5.83. The van der Waals surface area contributed by atoms with Crippen LogP contribution in [0.2, 0.25) is 0 Å². The summed E-state index contributed by atoms with van der Waals surface area (Å²) in [5, 5.41) is 0. The maximum absolute atomic E-state index is 5.77. The molecule has 3 rings (SSSR count). The van der Waals surface area contributed by atoms with E-state index in [2.05, 4.69) is 0 Å². The van der Waals surface area contributed by atoms with Gasteiger partial charge in [0.2, 0.25) is 0 Å². The van der Waals surface area contributed by atoms with Gasteiger partial charge in [0.15, 0.2) is 0 Å². The van der Waals surface area contributed by atoms with Crippen molar-refractivity contribution in [3.05, 3.63) is 6.29 Å². The Morgan fingerprint density at radius 3 is 2.53 bits per heavy atom. The molecule has 4 nitrogen and oxygen atoms in total. The van der Waals surface area contributed by atoms with Gasteiger partial charge in [-0.3, -0.25) is 0 Å². The highest BCUT2D eigenvalue weighted by molar-refractivity contribution is 4.91. The van der Waals surface area contributed by atoms with Crippen LogP contribution in [0.15, 0.2) is 0 Å². The van der Waals surface area contributed by atoms with E-state index in [-0.39, 0.29) is 18.3 Å². The smallest absolute Gasteiger partial charge is 0.254 e. The van der Waals surface area contributed by atoms with E-state index in [9.17, 15) is 0 Å². The van der Waals surface area contributed by atoms with Crippen molar-refractivity contribution in [2.75, 3.05) is 19.8 Å². The maximum Gasteiger partial charge on any atom is 0.254 e. The van der Waals surface area contributed by atoms with Gasteiger partial charge in [0.05, 0.1) is 12.7 Å². The third-order valence-electron chi connectivity index (χ3n) is 3.23. The lowest BCUT2D eigenvalue weighted by molar-refractivity contribution is -0.0668. The topological polar surface area (TPSA) is 36.9 Å². The molecule has 3 saturated heterocycles. The third-order valence-corrected chi connectivity index (χ3v) is 3.23. The highest BCUT2D eigenvalue weighted by atomic mass is 16.7. The summed E-state index contributed by atoms with van der Waals surface area (Å²) in [4.78, 5) is 0. The molecule has 0 saturated carbocycles. The molecule has 3 heterocycles. The Bertz CT molecular complexity index is 187. The van der Waals surface area contributed by atoms with Crippen LogP contribution in [0, 0.1) is 6.29 Å². The van der Waals surface area contributed by atoms with Crippen LogP contribution in [0.4, 0.5) is 0 Å². The van der Waals surface area contributed by atoms with Crippen LogP contribution in [0.1, 0.15) is 25.7 Å². The molecule has 0 amide bonds. The minimum atomic E-state index is 0.0661. The fourth-order valence-electron chi connectivity index (χ4n) is 2.39. The van der Waals surface area contributed by atoms with E-state index < -0.39 is 0 Å². The first-order chi connectivity index (χ1) is 7.43. The Morgan fingerprint density at radius 1 is 0.933 bits per heavy atom. The molecule has 3 unspecified atom stereocenters. The summed E-state index contributed by atoms with van der Waals surface area (Å²) in [6.45, 7) is 2.31. The normalized spacial score (nSPS) is 42.8. The van der Waals surface area contributed by atoms with Crippen molar-refractivity contribution in [3.63, 3.8) is 0 Å². The van der Waals surface area contributed by atoms with Crippen LogP contribution in [-0.2, 0) is 18.9 Å². The zero-order valence-corrected chi connectivity index (χ0v) is 8.81. The van der Waals surface area contributed by atoms with Crippen molar-refractivity contribution in [2.24, 2.45) is 0 Å². The quantitative estimate of drug-likeness (QED) is 0.691. The van der Waals surface area contributed by atoms with E-state index in [1.54, 1.807) is 0 Å². The van der Waals surface area contributed by atoms with Gasteiger partial charge in [-0.05, 0) is 25.7 Å². The molecule has 4 heteroatoms. The minimum absolute atomic E-state index is 0.0661. The Balaban J connectivity index is 1.53. The van der Waals surface area contributed by atoms with E-state index in [1.807, 2.05) is 0 Å². The summed E-state index contributed by atoms with van der Waals surface area (Å²) in [6.07, 6.45) is 5.42. The molecule has 3 aliphatic rings. The molecule has 3 fully saturated rings. The molecule has 1 radical (unpaired) electrons. The lowest BCUT2D eigenvalue weighted by Crippen LogP contribution is -2.28. The lowest BCUT2D eigenvalue weighted by Gasteiger charge is -2.18. The maximum atomic E-state index is 5.77. The number of rotatable bonds is 2. The van der Waals surface area contributed by atoms with Gasteiger partial charge in [-0.15, -0.1) is 0 Å². The van der Waals surface area contributed by atoms with Gasteiger partial charge in [-0.1, -0.05) is 0 Å². The van der Waals surface area contributed by atoms with E-state index in [1.165, 1.54) is 0 Å². The Kier molecular flexibility index (Phi) is 2.92. The van der Waals surface area contributed by atoms with Crippen molar-refractivity contribution in [3.8, 4) is 0 Å². The van der Waals surface area contributed by atoms with Crippen LogP contribution >= 0.6 is 0 Å². The van der Waals surface area contributed by atoms with Crippen LogP contribution in [0.5, 0.6) is 0 Å². The number of hydrogen-bond donors (Lipinski definition) is 0. The standard InChI is InChI=1S/C11H17O4/c1-3-8(12-5-1)10-7-14-11(15-10)9-4-2-6-13-9/h8-10H,1-7H2. The lowest BCUT2D eigenvalue weighted by atomic mass is 10.1. The second kappa shape index (κ2) is 4.37. The zero-order valence-electron chi connectivity index (χ0n) is 8.81. The second-order valence-corrected chi connectivity index (χ2v) is 4.34. The van der Waals surface area contributed by atoms with E-state index in [0.717, 1.165) is 38.9 Å². The molecule has 3 atom stereocenters.